The summed E-state index contributed by atoms with van der Waals surface area (Å²) in [6.07, 6.45) is 4.77. The summed E-state index contributed by atoms with van der Waals surface area (Å²) in [5.41, 5.74) is 0.905. The van der Waals surface area contributed by atoms with Crippen LogP contribution < -0.4 is 5.32 Å². The van der Waals surface area contributed by atoms with Crippen LogP contribution in [-0.2, 0) is 27.8 Å². The quantitative estimate of drug-likeness (QED) is 0.224. The Kier molecular flexibility index (Phi) is 8.92. The lowest BCUT2D eigenvalue weighted by Crippen LogP contribution is -2.31. The summed E-state index contributed by atoms with van der Waals surface area (Å²) in [5, 5.41) is 4.64. The molecule has 13 heteroatoms. The van der Waals surface area contributed by atoms with Gasteiger partial charge in [-0.1, -0.05) is 12.8 Å². The molecule has 3 aliphatic rings. The van der Waals surface area contributed by atoms with Gasteiger partial charge in [0.25, 0.3) is 0 Å². The van der Waals surface area contributed by atoms with Gasteiger partial charge >= 0.3 is 7.60 Å². The van der Waals surface area contributed by atoms with Crippen molar-refractivity contribution in [1.82, 2.24) is 14.5 Å². The van der Waals surface area contributed by atoms with Crippen LogP contribution in [0, 0.1) is 0 Å². The minimum atomic E-state index is -3.27. The van der Waals surface area contributed by atoms with Gasteiger partial charge in [-0.25, -0.2) is 4.98 Å². The van der Waals surface area contributed by atoms with E-state index in [4.69, 9.17) is 34.9 Å². The molecule has 0 aromatic carbocycles. The molecule has 2 aromatic rings. The first-order valence-corrected chi connectivity index (χ1v) is 17.0. The molecule has 1 saturated carbocycles. The van der Waals surface area contributed by atoms with E-state index in [0.29, 0.717) is 17.4 Å². The van der Waals surface area contributed by atoms with Crippen molar-refractivity contribution >= 4 is 47.8 Å². The highest BCUT2D eigenvalue weighted by Crippen LogP contribution is 2.54. The summed E-state index contributed by atoms with van der Waals surface area (Å²) in [6.45, 7) is 11.2. The minimum absolute atomic E-state index is 0.180. The van der Waals surface area contributed by atoms with Gasteiger partial charge in [0.15, 0.2) is 12.0 Å². The van der Waals surface area contributed by atoms with Crippen LogP contribution in [0.4, 0.5) is 5.82 Å². The third kappa shape index (κ3) is 6.78. The Morgan fingerprint density at radius 1 is 1.15 bits per heavy atom. The highest BCUT2D eigenvalue weighted by atomic mass is 35.5. The number of hydrogen-bond acceptors (Lipinski definition) is 10. The normalized spacial score (nSPS) is 27.3. The molecule has 218 valence electrons. The van der Waals surface area contributed by atoms with Crippen molar-refractivity contribution in [1.29, 1.82) is 0 Å². The molecule has 0 bridgehead atoms. The van der Waals surface area contributed by atoms with Crippen LogP contribution >= 0.6 is 31.0 Å². The van der Waals surface area contributed by atoms with Gasteiger partial charge in [-0.3, -0.25) is 4.57 Å². The van der Waals surface area contributed by atoms with Crippen molar-refractivity contribution in [3.8, 4) is 0 Å². The zero-order valence-electron chi connectivity index (χ0n) is 23.5. The smallest absolute Gasteiger partial charge is 0.340 e. The molecule has 1 N–H and O–H groups in total. The molecule has 3 fully saturated rings. The summed E-state index contributed by atoms with van der Waals surface area (Å²) in [6, 6.07) is 2.38. The topological polar surface area (TPSA) is 106 Å². The van der Waals surface area contributed by atoms with Crippen LogP contribution in [-0.4, -0.2) is 68.1 Å². The van der Waals surface area contributed by atoms with Gasteiger partial charge in [0.05, 0.1) is 29.2 Å². The highest BCUT2D eigenvalue weighted by molar-refractivity contribution is 8.04. The molecular weight excluding hydrogens is 563 g/mol. The molecular formula is C26H40ClN4O6PS. The number of fused-ring (bicyclic) bond motifs is 2. The number of aromatic nitrogens is 3. The number of rotatable bonds is 11. The first-order chi connectivity index (χ1) is 18.4. The van der Waals surface area contributed by atoms with E-state index in [-0.39, 0.29) is 41.3 Å². The van der Waals surface area contributed by atoms with Crippen molar-refractivity contribution in [2.45, 2.75) is 116 Å². The molecule has 2 saturated heterocycles. The minimum Gasteiger partial charge on any atom is -0.367 e. The van der Waals surface area contributed by atoms with E-state index in [9.17, 15) is 4.57 Å². The summed E-state index contributed by atoms with van der Waals surface area (Å²) in [7, 11) is -3.27. The largest absolute Gasteiger partial charge is 0.367 e. The summed E-state index contributed by atoms with van der Waals surface area (Å²) < 4.78 is 45.9. The predicted octanol–water partition coefficient (Wildman–Crippen LogP) is 6.59. The van der Waals surface area contributed by atoms with E-state index >= 15 is 0 Å². The Morgan fingerprint density at radius 2 is 1.82 bits per heavy atom. The van der Waals surface area contributed by atoms with E-state index in [1.807, 2.05) is 58.4 Å². The fraction of sp³-hybridized carbons (Fsp3) is 0.769. The van der Waals surface area contributed by atoms with Gasteiger partial charge in [0.1, 0.15) is 23.7 Å². The maximum absolute atomic E-state index is 13.3. The second-order valence-electron chi connectivity index (χ2n) is 11.5. The van der Waals surface area contributed by atoms with Crippen LogP contribution in [0.15, 0.2) is 12.3 Å². The number of thioether (sulfide) groups is 1. The predicted molar refractivity (Wildman–Crippen MR) is 154 cm³/mol. The fourth-order valence-electron chi connectivity index (χ4n) is 5.61. The van der Waals surface area contributed by atoms with Crippen LogP contribution in [0.2, 0.25) is 5.28 Å². The Labute approximate surface area is 239 Å². The zero-order valence-corrected chi connectivity index (χ0v) is 25.9. The van der Waals surface area contributed by atoms with E-state index in [1.165, 1.54) is 24.6 Å². The SMILES string of the molecule is CC(C)OP(=O)(CSC[C@H]1O[C@@H](n2ccc3c(NC4CCCC4)nc(Cl)nc32)[C@@H]2OC(C)(C)O[C@@H]21)OC(C)C. The zero-order chi connectivity index (χ0) is 27.9. The van der Waals surface area contributed by atoms with Crippen LogP contribution in [0.3, 0.4) is 0 Å². The van der Waals surface area contributed by atoms with Crippen molar-refractivity contribution in [3.05, 3.63) is 17.5 Å². The Hall–Kier alpha value is -0.910. The van der Waals surface area contributed by atoms with E-state index in [2.05, 4.69) is 15.3 Å². The van der Waals surface area contributed by atoms with Gasteiger partial charge in [-0.15, -0.1) is 11.8 Å². The van der Waals surface area contributed by atoms with Crippen molar-refractivity contribution in [3.63, 3.8) is 0 Å². The van der Waals surface area contributed by atoms with Gasteiger partial charge in [0.2, 0.25) is 5.28 Å². The van der Waals surface area contributed by atoms with E-state index in [1.54, 1.807) is 0 Å². The van der Waals surface area contributed by atoms with E-state index in [0.717, 1.165) is 24.0 Å². The van der Waals surface area contributed by atoms with Crippen molar-refractivity contribution in [2.75, 3.05) is 16.6 Å². The fourth-order valence-corrected chi connectivity index (χ4v) is 9.41. The summed E-state index contributed by atoms with van der Waals surface area (Å²) in [4.78, 5) is 9.06. The maximum Gasteiger partial charge on any atom is 0.340 e. The summed E-state index contributed by atoms with van der Waals surface area (Å²) >= 11 is 7.86. The molecule has 0 radical (unpaired) electrons. The molecule has 39 heavy (non-hydrogen) atoms. The first kappa shape index (κ1) is 29.6. The second-order valence-corrected chi connectivity index (χ2v) is 15.2. The lowest BCUT2D eigenvalue weighted by atomic mass is 10.1. The number of halogens is 1. The van der Waals surface area contributed by atoms with Gasteiger partial charge in [-0.2, -0.15) is 4.98 Å². The third-order valence-corrected chi connectivity index (χ3v) is 11.1. The third-order valence-electron chi connectivity index (χ3n) is 6.91. The molecule has 0 amide bonds. The lowest BCUT2D eigenvalue weighted by Gasteiger charge is -2.26. The van der Waals surface area contributed by atoms with Gasteiger partial charge < -0.3 is 33.1 Å². The van der Waals surface area contributed by atoms with Gasteiger partial charge in [-0.05, 0) is 72.1 Å². The number of ether oxygens (including phenoxy) is 3. The molecule has 4 atom stereocenters. The molecule has 1 aliphatic carbocycles. The highest BCUT2D eigenvalue weighted by Gasteiger charge is 2.56. The molecule has 2 aromatic heterocycles. The second kappa shape index (κ2) is 11.8. The maximum atomic E-state index is 13.3. The average molecular weight is 603 g/mol. The first-order valence-electron chi connectivity index (χ1n) is 13.8. The molecule has 2 aliphatic heterocycles. The molecule has 10 nitrogen and oxygen atoms in total. The van der Waals surface area contributed by atoms with Crippen LogP contribution in [0.1, 0.15) is 73.5 Å². The van der Waals surface area contributed by atoms with E-state index < -0.39 is 19.6 Å². The number of nitrogens with zero attached hydrogens (tertiary/aromatic N) is 3. The number of nitrogens with one attached hydrogen (secondary N) is 1. The van der Waals surface area contributed by atoms with Crippen molar-refractivity contribution in [2.24, 2.45) is 0 Å². The summed E-state index contributed by atoms with van der Waals surface area (Å²) in [5.74, 6) is 0.516. The van der Waals surface area contributed by atoms with Crippen molar-refractivity contribution < 1.29 is 27.8 Å². The Morgan fingerprint density at radius 3 is 2.49 bits per heavy atom. The van der Waals surface area contributed by atoms with Crippen LogP contribution in [0.5, 0.6) is 0 Å². The molecule has 5 rings (SSSR count). The number of anilines is 1. The molecule has 0 spiro atoms. The monoisotopic (exact) mass is 602 g/mol. The molecule has 0 unspecified atom stereocenters. The Balaban J connectivity index is 1.36. The number of hydrogen-bond donors (Lipinski definition) is 1. The van der Waals surface area contributed by atoms with Gasteiger partial charge in [0, 0.05) is 18.0 Å². The lowest BCUT2D eigenvalue weighted by molar-refractivity contribution is -0.193. The average Bonchev–Trinajstić information content (AvgIpc) is 3.58. The standard InChI is InChI=1S/C26H40ClN4O6PS/c1-15(2)36-38(32,37-16(3)4)14-39-13-19-20-21(35-26(5,6)34-20)24(33-19)31-12-11-18-22(28-17-9-7-8-10-17)29-25(27)30-23(18)31/h11-12,15-17,19-21,24H,7-10,13-14H2,1-6H3,(H,28,29,30)/t19-,20-,21-,24-/m1/s1. The Bertz CT molecular complexity index is 1190. The van der Waals surface area contributed by atoms with Crippen LogP contribution in [0.25, 0.3) is 11.0 Å². The molecule has 4 heterocycles.